The lowest BCUT2D eigenvalue weighted by Gasteiger charge is -2.30. The Morgan fingerprint density at radius 2 is 1.96 bits per heavy atom. The SMILES string of the molecule is CN1CC[C@@H]2CN(Cc3cc4ccccc4nc3N3CCOCC3)C[C@@H]2C1=O. The number of benzene rings is 1. The van der Waals surface area contributed by atoms with Gasteiger partial charge in [-0.3, -0.25) is 9.69 Å². The maximum Gasteiger partial charge on any atom is 0.227 e. The van der Waals surface area contributed by atoms with Crippen LogP contribution in [-0.4, -0.2) is 73.7 Å². The van der Waals surface area contributed by atoms with Gasteiger partial charge in [-0.2, -0.15) is 0 Å². The minimum absolute atomic E-state index is 0.166. The van der Waals surface area contributed by atoms with Crippen LogP contribution in [-0.2, 0) is 16.1 Å². The highest BCUT2D eigenvalue weighted by Crippen LogP contribution is 2.34. The van der Waals surface area contributed by atoms with Gasteiger partial charge in [-0.15, -0.1) is 0 Å². The van der Waals surface area contributed by atoms with Crippen LogP contribution in [0, 0.1) is 11.8 Å². The third-order valence-corrected chi connectivity index (χ3v) is 6.53. The topological polar surface area (TPSA) is 48.9 Å². The molecule has 0 spiro atoms. The molecule has 2 aromatic rings. The fourth-order valence-electron chi connectivity index (χ4n) is 4.97. The van der Waals surface area contributed by atoms with E-state index in [-0.39, 0.29) is 5.92 Å². The predicted molar refractivity (Wildman–Crippen MR) is 109 cm³/mol. The summed E-state index contributed by atoms with van der Waals surface area (Å²) >= 11 is 0. The van der Waals surface area contributed by atoms with Gasteiger partial charge in [0.1, 0.15) is 5.82 Å². The molecule has 5 rings (SSSR count). The third kappa shape index (κ3) is 3.25. The number of aromatic nitrogens is 1. The molecule has 3 aliphatic rings. The molecule has 0 unspecified atom stereocenters. The van der Waals surface area contributed by atoms with Crippen molar-refractivity contribution in [2.75, 3.05) is 57.9 Å². The van der Waals surface area contributed by atoms with Crippen molar-refractivity contribution in [1.29, 1.82) is 0 Å². The number of likely N-dealkylation sites (tertiary alicyclic amines) is 2. The Kier molecular flexibility index (Phi) is 4.69. The fraction of sp³-hybridized carbons (Fsp3) is 0.545. The Morgan fingerprint density at radius 1 is 1.14 bits per heavy atom. The molecule has 0 aliphatic carbocycles. The standard InChI is InChI=1S/C22H28N4O2/c1-24-7-6-17-13-25(15-19(17)22(24)27)14-18-12-16-4-2-3-5-20(16)23-21(18)26-8-10-28-11-9-26/h2-5,12,17,19H,6-11,13-15H2,1H3/t17-,19+/m1/s1. The number of anilines is 1. The van der Waals surface area contributed by atoms with Gasteiger partial charge in [-0.1, -0.05) is 18.2 Å². The van der Waals surface area contributed by atoms with E-state index in [0.717, 1.165) is 70.2 Å². The van der Waals surface area contributed by atoms with Gasteiger partial charge in [0.2, 0.25) is 5.91 Å². The number of piperidine rings is 1. The van der Waals surface area contributed by atoms with E-state index < -0.39 is 0 Å². The average Bonchev–Trinajstić information content (AvgIpc) is 3.14. The lowest BCUT2D eigenvalue weighted by Crippen LogP contribution is -2.42. The molecule has 3 fully saturated rings. The van der Waals surface area contributed by atoms with Crippen LogP contribution in [0.2, 0.25) is 0 Å². The number of pyridine rings is 1. The number of hydrogen-bond donors (Lipinski definition) is 0. The number of carbonyl (C=O) groups excluding carboxylic acids is 1. The number of nitrogens with zero attached hydrogens (tertiary/aromatic N) is 4. The van der Waals surface area contributed by atoms with Gasteiger partial charge in [0.15, 0.2) is 0 Å². The van der Waals surface area contributed by atoms with Crippen LogP contribution >= 0.6 is 0 Å². The normalized spacial score (nSPS) is 26.1. The maximum atomic E-state index is 12.6. The van der Waals surface area contributed by atoms with Crippen LogP contribution in [0.25, 0.3) is 10.9 Å². The minimum Gasteiger partial charge on any atom is -0.378 e. The Balaban J connectivity index is 1.44. The van der Waals surface area contributed by atoms with E-state index in [1.807, 2.05) is 18.0 Å². The monoisotopic (exact) mass is 380 g/mol. The second kappa shape index (κ2) is 7.33. The van der Waals surface area contributed by atoms with Crippen LogP contribution in [0.1, 0.15) is 12.0 Å². The molecule has 28 heavy (non-hydrogen) atoms. The second-order valence-corrected chi connectivity index (χ2v) is 8.37. The Morgan fingerprint density at radius 3 is 2.82 bits per heavy atom. The van der Waals surface area contributed by atoms with Crippen molar-refractivity contribution >= 4 is 22.6 Å². The smallest absolute Gasteiger partial charge is 0.227 e. The fourth-order valence-corrected chi connectivity index (χ4v) is 4.97. The van der Waals surface area contributed by atoms with E-state index in [1.165, 1.54) is 10.9 Å². The molecule has 1 amide bonds. The highest BCUT2D eigenvalue weighted by atomic mass is 16.5. The van der Waals surface area contributed by atoms with Gasteiger partial charge in [-0.05, 0) is 24.5 Å². The van der Waals surface area contributed by atoms with E-state index in [9.17, 15) is 4.79 Å². The first-order chi connectivity index (χ1) is 13.7. The van der Waals surface area contributed by atoms with Crippen molar-refractivity contribution in [3.05, 3.63) is 35.9 Å². The predicted octanol–water partition coefficient (Wildman–Crippen LogP) is 1.98. The summed E-state index contributed by atoms with van der Waals surface area (Å²) in [7, 11) is 1.94. The quantitative estimate of drug-likeness (QED) is 0.815. The molecule has 0 radical (unpaired) electrons. The van der Waals surface area contributed by atoms with E-state index in [2.05, 4.69) is 34.1 Å². The summed E-state index contributed by atoms with van der Waals surface area (Å²) in [6.45, 7) is 6.90. The molecule has 6 heteroatoms. The van der Waals surface area contributed by atoms with E-state index in [1.54, 1.807) is 0 Å². The lowest BCUT2D eigenvalue weighted by molar-refractivity contribution is -0.137. The van der Waals surface area contributed by atoms with Gasteiger partial charge < -0.3 is 14.5 Å². The molecular formula is C22H28N4O2. The molecule has 6 nitrogen and oxygen atoms in total. The first kappa shape index (κ1) is 17.9. The van der Waals surface area contributed by atoms with Crippen molar-refractivity contribution in [1.82, 2.24) is 14.8 Å². The van der Waals surface area contributed by atoms with Gasteiger partial charge in [0, 0.05) is 57.3 Å². The van der Waals surface area contributed by atoms with Gasteiger partial charge in [-0.25, -0.2) is 4.98 Å². The van der Waals surface area contributed by atoms with Gasteiger partial charge in [0.25, 0.3) is 0 Å². The van der Waals surface area contributed by atoms with E-state index in [0.29, 0.717) is 11.8 Å². The average molecular weight is 380 g/mol. The van der Waals surface area contributed by atoms with E-state index in [4.69, 9.17) is 9.72 Å². The number of ether oxygens (including phenoxy) is 1. The van der Waals surface area contributed by atoms with Gasteiger partial charge >= 0.3 is 0 Å². The van der Waals surface area contributed by atoms with Crippen LogP contribution in [0.5, 0.6) is 0 Å². The molecule has 1 aromatic heterocycles. The zero-order chi connectivity index (χ0) is 19.1. The van der Waals surface area contributed by atoms with E-state index >= 15 is 0 Å². The summed E-state index contributed by atoms with van der Waals surface area (Å²) in [4.78, 5) is 24.3. The molecule has 0 saturated carbocycles. The highest BCUT2D eigenvalue weighted by Gasteiger charge is 2.41. The summed E-state index contributed by atoms with van der Waals surface area (Å²) in [6.07, 6.45) is 1.12. The van der Waals surface area contributed by atoms with Crippen LogP contribution in [0.15, 0.2) is 30.3 Å². The van der Waals surface area contributed by atoms with Crippen molar-refractivity contribution in [2.45, 2.75) is 13.0 Å². The highest BCUT2D eigenvalue weighted by molar-refractivity contribution is 5.82. The maximum absolute atomic E-state index is 12.6. The molecule has 2 atom stereocenters. The minimum atomic E-state index is 0.166. The third-order valence-electron chi connectivity index (χ3n) is 6.53. The number of amides is 1. The zero-order valence-corrected chi connectivity index (χ0v) is 16.5. The Hall–Kier alpha value is -2.18. The Bertz CT molecular complexity index is 880. The molecular weight excluding hydrogens is 352 g/mol. The molecule has 148 valence electrons. The molecule has 0 N–H and O–H groups in total. The molecule has 3 saturated heterocycles. The first-order valence-corrected chi connectivity index (χ1v) is 10.4. The number of morpholine rings is 1. The number of carbonyl (C=O) groups is 1. The second-order valence-electron chi connectivity index (χ2n) is 8.37. The van der Waals surface area contributed by atoms with Crippen molar-refractivity contribution in [3.63, 3.8) is 0 Å². The van der Waals surface area contributed by atoms with Crippen molar-refractivity contribution in [3.8, 4) is 0 Å². The first-order valence-electron chi connectivity index (χ1n) is 10.4. The number of para-hydroxylation sites is 1. The van der Waals surface area contributed by atoms with Crippen molar-refractivity contribution in [2.24, 2.45) is 11.8 Å². The van der Waals surface area contributed by atoms with Crippen molar-refractivity contribution < 1.29 is 9.53 Å². The molecule has 0 bridgehead atoms. The Labute approximate surface area is 166 Å². The summed E-state index contributed by atoms with van der Waals surface area (Å²) in [5.41, 5.74) is 2.31. The molecule has 4 heterocycles. The summed E-state index contributed by atoms with van der Waals surface area (Å²) in [6, 6.07) is 10.6. The summed E-state index contributed by atoms with van der Waals surface area (Å²) in [5, 5.41) is 1.18. The lowest BCUT2D eigenvalue weighted by atomic mass is 9.88. The summed E-state index contributed by atoms with van der Waals surface area (Å²) in [5.74, 6) is 2.08. The molecule has 3 aliphatic heterocycles. The summed E-state index contributed by atoms with van der Waals surface area (Å²) < 4.78 is 5.55. The number of rotatable bonds is 3. The van der Waals surface area contributed by atoms with Crippen LogP contribution in [0.4, 0.5) is 5.82 Å². The molecule has 1 aromatic carbocycles. The zero-order valence-electron chi connectivity index (χ0n) is 16.5. The largest absolute Gasteiger partial charge is 0.378 e. The number of fused-ring (bicyclic) bond motifs is 2. The van der Waals surface area contributed by atoms with Crippen LogP contribution in [0.3, 0.4) is 0 Å². The number of hydrogen-bond acceptors (Lipinski definition) is 5. The van der Waals surface area contributed by atoms with Gasteiger partial charge in [0.05, 0.1) is 24.6 Å². The van der Waals surface area contributed by atoms with Crippen LogP contribution < -0.4 is 4.90 Å².